The highest BCUT2D eigenvalue weighted by Gasteiger charge is 2.36. The van der Waals surface area contributed by atoms with Crippen LogP contribution in [0.1, 0.15) is 27.8 Å². The number of carbonyl (C=O) groups is 1. The predicted molar refractivity (Wildman–Crippen MR) is 137 cm³/mol. The fourth-order valence-corrected chi connectivity index (χ4v) is 4.60. The zero-order valence-electron chi connectivity index (χ0n) is 19.3. The van der Waals surface area contributed by atoms with Crippen molar-refractivity contribution in [2.24, 2.45) is 4.99 Å². The summed E-state index contributed by atoms with van der Waals surface area (Å²) < 4.78 is 5.22. The summed E-state index contributed by atoms with van der Waals surface area (Å²) in [6, 6.07) is 17.3. The Morgan fingerprint density at radius 3 is 2.39 bits per heavy atom. The summed E-state index contributed by atoms with van der Waals surface area (Å²) in [5.74, 6) is 0.175. The first-order valence-corrected chi connectivity index (χ1v) is 11.4. The molecule has 6 heteroatoms. The van der Waals surface area contributed by atoms with Crippen molar-refractivity contribution in [1.29, 1.82) is 0 Å². The van der Waals surface area contributed by atoms with E-state index in [1.807, 2.05) is 64.1 Å². The fraction of sp³-hybridized carbons (Fsp3) is 0.185. The van der Waals surface area contributed by atoms with Crippen LogP contribution in [0.5, 0.6) is 11.5 Å². The van der Waals surface area contributed by atoms with Crippen LogP contribution in [-0.4, -0.2) is 23.3 Å². The molecule has 3 aromatic rings. The van der Waals surface area contributed by atoms with Crippen molar-refractivity contribution in [3.8, 4) is 11.5 Å². The second-order valence-electron chi connectivity index (χ2n) is 8.12. The van der Waals surface area contributed by atoms with Crippen LogP contribution < -0.4 is 9.64 Å². The number of carbonyl (C=O) groups excluding carboxylic acids is 1. The van der Waals surface area contributed by atoms with Gasteiger partial charge >= 0.3 is 0 Å². The molecule has 0 saturated carbocycles. The van der Waals surface area contributed by atoms with Crippen LogP contribution in [0.3, 0.4) is 0 Å². The van der Waals surface area contributed by atoms with Crippen LogP contribution in [-0.2, 0) is 4.79 Å². The summed E-state index contributed by atoms with van der Waals surface area (Å²) in [5, 5.41) is 11.1. The highest BCUT2D eigenvalue weighted by atomic mass is 32.2. The molecule has 1 aliphatic rings. The standard InChI is InChI=1S/C27H26N2O3S/c1-16-9-11-18(3)21(13-16)28-27-29(22-14-17(2)10-12-19(22)4)26(31)24(33-27)15-20-7-6-8-23(32-5)25(20)30/h6-15,30H,1-5H3. The molecule has 1 fully saturated rings. The Bertz CT molecular complexity index is 1310. The topological polar surface area (TPSA) is 62.1 Å². The zero-order chi connectivity index (χ0) is 23.7. The van der Waals surface area contributed by atoms with E-state index in [9.17, 15) is 9.90 Å². The Hall–Kier alpha value is -3.51. The van der Waals surface area contributed by atoms with E-state index in [0.29, 0.717) is 21.4 Å². The van der Waals surface area contributed by atoms with E-state index in [0.717, 1.165) is 33.6 Å². The molecule has 0 aliphatic carbocycles. The molecule has 4 rings (SSSR count). The molecule has 1 saturated heterocycles. The first-order chi connectivity index (χ1) is 15.8. The number of ether oxygens (including phenoxy) is 1. The van der Waals surface area contributed by atoms with Gasteiger partial charge in [-0.3, -0.25) is 9.69 Å². The monoisotopic (exact) mass is 458 g/mol. The van der Waals surface area contributed by atoms with Crippen molar-refractivity contribution < 1.29 is 14.6 Å². The first kappa shape index (κ1) is 22.7. The SMILES string of the molecule is COc1cccc(C=C2SC(=Nc3cc(C)ccc3C)N(c3cc(C)ccc3C)C2=O)c1O. The molecule has 0 unspecified atom stereocenters. The number of anilines is 1. The molecule has 0 atom stereocenters. The molecular weight excluding hydrogens is 432 g/mol. The van der Waals surface area contributed by atoms with Gasteiger partial charge in [0.15, 0.2) is 16.7 Å². The van der Waals surface area contributed by atoms with Crippen LogP contribution in [0.15, 0.2) is 64.5 Å². The summed E-state index contributed by atoms with van der Waals surface area (Å²) >= 11 is 1.30. The minimum absolute atomic E-state index is 0.000830. The Kier molecular flexibility index (Phi) is 6.29. The lowest BCUT2D eigenvalue weighted by Gasteiger charge is -2.19. The number of hydrogen-bond donors (Lipinski definition) is 1. The fourth-order valence-electron chi connectivity index (χ4n) is 3.63. The Morgan fingerprint density at radius 1 is 0.970 bits per heavy atom. The van der Waals surface area contributed by atoms with Crippen molar-refractivity contribution >= 4 is 40.3 Å². The molecule has 0 bridgehead atoms. The number of aryl methyl sites for hydroxylation is 4. The molecule has 5 nitrogen and oxygen atoms in total. The number of thioether (sulfide) groups is 1. The van der Waals surface area contributed by atoms with Crippen molar-refractivity contribution in [3.63, 3.8) is 0 Å². The number of amides is 1. The predicted octanol–water partition coefficient (Wildman–Crippen LogP) is 6.44. The number of methoxy groups -OCH3 is 1. The summed E-state index contributed by atoms with van der Waals surface area (Å²) in [5.41, 5.74) is 6.31. The average molecular weight is 459 g/mol. The lowest BCUT2D eigenvalue weighted by atomic mass is 10.1. The van der Waals surface area contributed by atoms with Gasteiger partial charge in [-0.2, -0.15) is 0 Å². The van der Waals surface area contributed by atoms with Crippen molar-refractivity contribution in [2.45, 2.75) is 27.7 Å². The number of aromatic hydroxyl groups is 1. The average Bonchev–Trinajstić information content (AvgIpc) is 3.08. The molecule has 1 N–H and O–H groups in total. The highest BCUT2D eigenvalue weighted by Crippen LogP contribution is 2.41. The van der Waals surface area contributed by atoms with E-state index in [4.69, 9.17) is 9.73 Å². The van der Waals surface area contributed by atoms with E-state index in [-0.39, 0.29) is 11.7 Å². The molecule has 1 amide bonds. The Labute approximate surface area is 198 Å². The van der Waals surface area contributed by atoms with Crippen LogP contribution in [0, 0.1) is 27.7 Å². The van der Waals surface area contributed by atoms with Gasteiger partial charge in [0.05, 0.1) is 23.4 Å². The van der Waals surface area contributed by atoms with Crippen molar-refractivity contribution in [1.82, 2.24) is 0 Å². The van der Waals surface area contributed by atoms with Crippen LogP contribution in [0.25, 0.3) is 6.08 Å². The molecule has 0 spiro atoms. The van der Waals surface area contributed by atoms with Gasteiger partial charge in [-0.25, -0.2) is 4.99 Å². The van der Waals surface area contributed by atoms with E-state index >= 15 is 0 Å². The maximum absolute atomic E-state index is 13.6. The lowest BCUT2D eigenvalue weighted by molar-refractivity contribution is -0.113. The number of phenolic OH excluding ortho intramolecular Hbond substituents is 1. The number of phenols is 1. The Morgan fingerprint density at radius 2 is 1.67 bits per heavy atom. The molecule has 0 radical (unpaired) electrons. The first-order valence-electron chi connectivity index (χ1n) is 10.6. The smallest absolute Gasteiger partial charge is 0.271 e. The third-order valence-corrected chi connectivity index (χ3v) is 6.50. The van der Waals surface area contributed by atoms with E-state index in [1.54, 1.807) is 29.2 Å². The van der Waals surface area contributed by atoms with Crippen LogP contribution in [0.4, 0.5) is 11.4 Å². The van der Waals surface area contributed by atoms with Crippen molar-refractivity contribution in [3.05, 3.63) is 87.3 Å². The van der Waals surface area contributed by atoms with Crippen molar-refractivity contribution in [2.75, 3.05) is 12.0 Å². The molecule has 0 aromatic heterocycles. The van der Waals surface area contributed by atoms with Gasteiger partial charge in [-0.05, 0) is 86.0 Å². The van der Waals surface area contributed by atoms with Crippen LogP contribution in [0.2, 0.25) is 0 Å². The van der Waals surface area contributed by atoms with Gasteiger partial charge in [0, 0.05) is 5.56 Å². The molecule has 3 aromatic carbocycles. The number of nitrogens with zero attached hydrogens (tertiary/aromatic N) is 2. The number of para-hydroxylation sites is 1. The maximum atomic E-state index is 13.6. The summed E-state index contributed by atoms with van der Waals surface area (Å²) in [6.45, 7) is 8.02. The van der Waals surface area contributed by atoms with E-state index < -0.39 is 0 Å². The largest absolute Gasteiger partial charge is 0.504 e. The minimum Gasteiger partial charge on any atom is -0.504 e. The van der Waals surface area contributed by atoms with Gasteiger partial charge in [0.2, 0.25) is 0 Å². The van der Waals surface area contributed by atoms with Gasteiger partial charge < -0.3 is 9.84 Å². The van der Waals surface area contributed by atoms with Gasteiger partial charge in [-0.1, -0.05) is 36.4 Å². The Balaban J connectivity index is 1.87. The molecule has 1 heterocycles. The van der Waals surface area contributed by atoms with E-state index in [1.165, 1.54) is 18.9 Å². The summed E-state index contributed by atoms with van der Waals surface area (Å²) in [6.07, 6.45) is 1.69. The quantitative estimate of drug-likeness (QED) is 0.457. The normalized spacial score (nSPS) is 16.2. The highest BCUT2D eigenvalue weighted by molar-refractivity contribution is 8.19. The second kappa shape index (κ2) is 9.16. The third-order valence-electron chi connectivity index (χ3n) is 5.53. The summed E-state index contributed by atoms with van der Waals surface area (Å²) in [7, 11) is 1.50. The number of benzene rings is 3. The molecule has 1 aliphatic heterocycles. The number of amidine groups is 1. The van der Waals surface area contributed by atoms with Gasteiger partial charge in [-0.15, -0.1) is 0 Å². The van der Waals surface area contributed by atoms with E-state index in [2.05, 4.69) is 0 Å². The molecule has 168 valence electrons. The zero-order valence-corrected chi connectivity index (χ0v) is 20.2. The summed E-state index contributed by atoms with van der Waals surface area (Å²) in [4.78, 5) is 20.7. The number of aliphatic imine (C=N–C) groups is 1. The number of rotatable bonds is 4. The second-order valence-corrected chi connectivity index (χ2v) is 9.13. The molecule has 33 heavy (non-hydrogen) atoms. The van der Waals surface area contributed by atoms with Gasteiger partial charge in [0.1, 0.15) is 0 Å². The lowest BCUT2D eigenvalue weighted by Crippen LogP contribution is -2.29. The minimum atomic E-state index is -0.181. The van der Waals surface area contributed by atoms with Gasteiger partial charge in [0.25, 0.3) is 5.91 Å². The molecular formula is C27H26N2O3S. The maximum Gasteiger partial charge on any atom is 0.271 e. The van der Waals surface area contributed by atoms with Crippen LogP contribution >= 0.6 is 11.8 Å². The third kappa shape index (κ3) is 4.52. The number of hydrogen-bond acceptors (Lipinski definition) is 5.